The van der Waals surface area contributed by atoms with Gasteiger partial charge >= 0.3 is 6.03 Å². The molecular weight excluding hydrogens is 405 g/mol. The number of aliphatic hydroxyl groups is 2. The number of carbonyl (C=O) groups is 1. The molecule has 1 saturated heterocycles. The summed E-state index contributed by atoms with van der Waals surface area (Å²) in [6, 6.07) is 6.93. The lowest BCUT2D eigenvalue weighted by molar-refractivity contribution is 0.122. The van der Waals surface area contributed by atoms with Gasteiger partial charge in [0.25, 0.3) is 0 Å². The molecule has 1 aliphatic heterocycles. The van der Waals surface area contributed by atoms with Crippen LogP contribution in [0.5, 0.6) is 5.75 Å². The number of halogens is 1. The van der Waals surface area contributed by atoms with Gasteiger partial charge in [-0.3, -0.25) is 0 Å². The number of urea groups is 1. The van der Waals surface area contributed by atoms with E-state index in [1.807, 2.05) is 6.07 Å². The van der Waals surface area contributed by atoms with E-state index in [1.54, 1.807) is 12.1 Å². The fourth-order valence-electron chi connectivity index (χ4n) is 4.20. The van der Waals surface area contributed by atoms with Crippen molar-refractivity contribution in [2.45, 2.75) is 25.2 Å². The van der Waals surface area contributed by atoms with E-state index >= 15 is 0 Å². The van der Waals surface area contributed by atoms with Crippen molar-refractivity contribution in [2.75, 3.05) is 43.6 Å². The molecule has 1 heterocycles. The summed E-state index contributed by atoms with van der Waals surface area (Å²) in [7, 11) is 1.46. The lowest BCUT2D eigenvalue weighted by atomic mass is 10.1. The molecule has 0 radical (unpaired) electrons. The summed E-state index contributed by atoms with van der Waals surface area (Å²) in [6.07, 6.45) is -0.797. The second-order valence-electron chi connectivity index (χ2n) is 7.60. The Morgan fingerprint density at radius 1 is 1.32 bits per heavy atom. The van der Waals surface area contributed by atoms with Crippen LogP contribution in [0.15, 0.2) is 30.3 Å². The first-order valence-electron chi connectivity index (χ1n) is 10.2. The highest BCUT2D eigenvalue weighted by Crippen LogP contribution is 2.36. The standard InChI is InChI=1S/C22H26FN3O5/c1-30-21-13(12-27)9-14(26-5-7-31-8-6-26)10-19(21)25-22(29)24-18-11-16-15(20(18)28)3-2-4-17(16)23/h2-4,9-10,18,20,27-28H,5-8,11-12H2,1H3,(H2,24,25,29)/t18-,20?/m1/s1. The SMILES string of the molecule is COc1c(CO)cc(N2CCOCC2)cc1NC(=O)N[C@@H]1Cc2c(F)cccc2C1O. The predicted octanol–water partition coefficient (Wildman–Crippen LogP) is 1.94. The molecule has 1 unspecified atom stereocenters. The lowest BCUT2D eigenvalue weighted by Gasteiger charge is -2.30. The maximum absolute atomic E-state index is 14.0. The first-order valence-corrected chi connectivity index (χ1v) is 10.2. The molecule has 1 fully saturated rings. The number of benzene rings is 2. The molecule has 0 saturated carbocycles. The summed E-state index contributed by atoms with van der Waals surface area (Å²) in [5, 5.41) is 25.8. The second-order valence-corrected chi connectivity index (χ2v) is 7.60. The lowest BCUT2D eigenvalue weighted by Crippen LogP contribution is -2.40. The quantitative estimate of drug-likeness (QED) is 0.577. The zero-order chi connectivity index (χ0) is 22.0. The molecule has 9 heteroatoms. The van der Waals surface area contributed by atoms with Crippen molar-refractivity contribution in [3.8, 4) is 5.75 Å². The van der Waals surface area contributed by atoms with Crippen molar-refractivity contribution < 1.29 is 28.9 Å². The molecule has 0 bridgehead atoms. The fraction of sp³-hybridized carbons (Fsp3) is 0.409. The van der Waals surface area contributed by atoms with Crippen LogP contribution in [0.1, 0.15) is 22.8 Å². The molecule has 2 aliphatic rings. The van der Waals surface area contributed by atoms with Crippen LogP contribution in [0.2, 0.25) is 0 Å². The van der Waals surface area contributed by atoms with E-state index in [2.05, 4.69) is 15.5 Å². The Morgan fingerprint density at radius 2 is 2.10 bits per heavy atom. The number of nitrogens with one attached hydrogen (secondary N) is 2. The van der Waals surface area contributed by atoms with Gasteiger partial charge in [-0.15, -0.1) is 0 Å². The molecule has 2 amide bonds. The van der Waals surface area contributed by atoms with Gasteiger partial charge in [0.2, 0.25) is 0 Å². The third-order valence-corrected chi connectivity index (χ3v) is 5.74. The van der Waals surface area contributed by atoms with E-state index in [9.17, 15) is 19.4 Å². The van der Waals surface area contributed by atoms with Crippen LogP contribution in [0.25, 0.3) is 0 Å². The highest BCUT2D eigenvalue weighted by atomic mass is 19.1. The number of carbonyl (C=O) groups excluding carboxylic acids is 1. The summed E-state index contributed by atoms with van der Waals surface area (Å²) in [5.74, 6) is -0.0373. The topological polar surface area (TPSA) is 103 Å². The number of hydrogen-bond acceptors (Lipinski definition) is 6. The van der Waals surface area contributed by atoms with Gasteiger partial charge in [0.05, 0.1) is 44.8 Å². The Labute approximate surface area is 179 Å². The Kier molecular flexibility index (Phi) is 6.26. The van der Waals surface area contributed by atoms with E-state index in [-0.39, 0.29) is 13.0 Å². The molecule has 2 aromatic carbocycles. The van der Waals surface area contributed by atoms with Crippen LogP contribution < -0.4 is 20.3 Å². The van der Waals surface area contributed by atoms with Crippen molar-refractivity contribution in [3.63, 3.8) is 0 Å². The van der Waals surface area contributed by atoms with Gasteiger partial charge in [-0.05, 0) is 35.7 Å². The summed E-state index contributed by atoms with van der Waals surface area (Å²) in [6.45, 7) is 2.33. The number of nitrogens with zero attached hydrogens (tertiary/aromatic N) is 1. The molecule has 166 valence electrons. The number of aliphatic hydroxyl groups excluding tert-OH is 2. The van der Waals surface area contributed by atoms with E-state index in [4.69, 9.17) is 9.47 Å². The van der Waals surface area contributed by atoms with Crippen molar-refractivity contribution in [3.05, 3.63) is 52.8 Å². The molecule has 0 spiro atoms. The summed E-state index contributed by atoms with van der Waals surface area (Å²) in [5.41, 5.74) is 2.66. The first kappa shape index (κ1) is 21.4. The smallest absolute Gasteiger partial charge is 0.319 e. The molecule has 4 rings (SSSR count). The van der Waals surface area contributed by atoms with E-state index in [0.717, 1.165) is 5.69 Å². The Bertz CT molecular complexity index is 964. The first-order chi connectivity index (χ1) is 15.0. The molecule has 8 nitrogen and oxygen atoms in total. The number of ether oxygens (including phenoxy) is 2. The highest BCUT2D eigenvalue weighted by molar-refractivity contribution is 5.92. The highest BCUT2D eigenvalue weighted by Gasteiger charge is 2.34. The van der Waals surface area contributed by atoms with Crippen LogP contribution in [-0.4, -0.2) is 55.7 Å². The Hall–Kier alpha value is -2.88. The largest absolute Gasteiger partial charge is 0.494 e. The van der Waals surface area contributed by atoms with Crippen LogP contribution in [-0.2, 0) is 17.8 Å². The van der Waals surface area contributed by atoms with Crippen molar-refractivity contribution in [2.24, 2.45) is 0 Å². The molecule has 4 N–H and O–H groups in total. The van der Waals surface area contributed by atoms with E-state index in [0.29, 0.717) is 54.4 Å². The van der Waals surface area contributed by atoms with Gasteiger partial charge in [0.1, 0.15) is 11.6 Å². The predicted molar refractivity (Wildman–Crippen MR) is 113 cm³/mol. The van der Waals surface area contributed by atoms with Gasteiger partial charge in [0.15, 0.2) is 0 Å². The molecular formula is C22H26FN3O5. The fourth-order valence-corrected chi connectivity index (χ4v) is 4.20. The molecule has 0 aromatic heterocycles. The number of amides is 2. The van der Waals surface area contributed by atoms with Crippen LogP contribution in [0, 0.1) is 5.82 Å². The Balaban J connectivity index is 1.53. The van der Waals surface area contributed by atoms with Gasteiger partial charge in [-0.2, -0.15) is 0 Å². The maximum Gasteiger partial charge on any atom is 0.319 e. The summed E-state index contributed by atoms with van der Waals surface area (Å²) in [4.78, 5) is 14.8. The molecule has 2 atom stereocenters. The average molecular weight is 431 g/mol. The Morgan fingerprint density at radius 3 is 2.77 bits per heavy atom. The molecule has 1 aliphatic carbocycles. The number of morpholine rings is 1. The van der Waals surface area contributed by atoms with E-state index in [1.165, 1.54) is 19.2 Å². The van der Waals surface area contributed by atoms with Crippen molar-refractivity contribution >= 4 is 17.4 Å². The average Bonchev–Trinajstić information content (AvgIpc) is 3.10. The van der Waals surface area contributed by atoms with Gasteiger partial charge in [-0.25, -0.2) is 9.18 Å². The summed E-state index contributed by atoms with van der Waals surface area (Å²) >= 11 is 0. The third kappa shape index (κ3) is 4.30. The maximum atomic E-state index is 14.0. The van der Waals surface area contributed by atoms with Crippen LogP contribution >= 0.6 is 0 Å². The number of hydrogen-bond donors (Lipinski definition) is 4. The number of fused-ring (bicyclic) bond motifs is 1. The van der Waals surface area contributed by atoms with Crippen LogP contribution in [0.4, 0.5) is 20.6 Å². The number of methoxy groups -OCH3 is 1. The van der Waals surface area contributed by atoms with Crippen LogP contribution in [0.3, 0.4) is 0 Å². The minimum Gasteiger partial charge on any atom is -0.494 e. The minimum absolute atomic E-state index is 0.198. The third-order valence-electron chi connectivity index (χ3n) is 5.74. The zero-order valence-electron chi connectivity index (χ0n) is 17.2. The van der Waals surface area contributed by atoms with E-state index < -0.39 is 24.0 Å². The second kappa shape index (κ2) is 9.09. The zero-order valence-corrected chi connectivity index (χ0v) is 17.2. The summed E-state index contributed by atoms with van der Waals surface area (Å²) < 4.78 is 24.8. The van der Waals surface area contributed by atoms with Crippen molar-refractivity contribution in [1.82, 2.24) is 5.32 Å². The van der Waals surface area contributed by atoms with Crippen molar-refractivity contribution in [1.29, 1.82) is 0 Å². The number of rotatable bonds is 5. The molecule has 31 heavy (non-hydrogen) atoms. The van der Waals surface area contributed by atoms with Gasteiger partial charge in [-0.1, -0.05) is 12.1 Å². The normalized spacial score (nSPS) is 20.3. The van der Waals surface area contributed by atoms with Gasteiger partial charge < -0.3 is 35.2 Å². The number of anilines is 2. The molecule has 2 aromatic rings. The minimum atomic E-state index is -0.994. The van der Waals surface area contributed by atoms with Gasteiger partial charge in [0, 0.05) is 24.3 Å². The monoisotopic (exact) mass is 431 g/mol.